The molecule has 0 bridgehead atoms. The van der Waals surface area contributed by atoms with Gasteiger partial charge < -0.3 is 28.7 Å². The molecule has 0 radical (unpaired) electrons. The summed E-state index contributed by atoms with van der Waals surface area (Å²) in [5.41, 5.74) is 10.7. The van der Waals surface area contributed by atoms with E-state index < -0.39 is 0 Å². The Morgan fingerprint density at radius 2 is 0.950 bits per heavy atom. The highest BCUT2D eigenvalue weighted by Crippen LogP contribution is 2.38. The van der Waals surface area contributed by atoms with Gasteiger partial charge in [-0.2, -0.15) is 0 Å². The smallest absolute Gasteiger partial charge is 0.337 e. The minimum atomic E-state index is -0.312. The Balaban J connectivity index is 0.000000310. The van der Waals surface area contributed by atoms with Gasteiger partial charge in [0.15, 0.2) is 0 Å². The molecular weight excluding hydrogens is 795 g/mol. The second kappa shape index (κ2) is 24.2. The SMILES string of the molecule is COC(=O)c1cccc(/C=C2/C=C(c3cccc(OC)c3)C(CN(C)C)CC2)c1.COC(=O)c1cccc(/C=C2\C=C(c3cccc(OC)c3)C(CN(C)C)CC2)c1.Cl.Cl. The summed E-state index contributed by atoms with van der Waals surface area (Å²) < 4.78 is 20.6. The van der Waals surface area contributed by atoms with Gasteiger partial charge >= 0.3 is 11.9 Å². The Hall–Kier alpha value is -5.12. The van der Waals surface area contributed by atoms with Crippen LogP contribution in [0.4, 0.5) is 0 Å². The fourth-order valence-electron chi connectivity index (χ4n) is 7.68. The fourth-order valence-corrected chi connectivity index (χ4v) is 7.68. The number of ether oxygens (including phenoxy) is 4. The molecule has 2 aliphatic rings. The molecule has 8 nitrogen and oxygen atoms in total. The molecular formula is C50H60Cl2N2O6. The fraction of sp³-hybridized carbons (Fsp3) is 0.320. The van der Waals surface area contributed by atoms with Crippen LogP contribution in [0.5, 0.6) is 11.5 Å². The Labute approximate surface area is 369 Å². The molecule has 0 fully saturated rings. The molecule has 0 saturated carbocycles. The maximum atomic E-state index is 11.8. The van der Waals surface area contributed by atoms with Crippen LogP contribution in [0.1, 0.15) is 68.7 Å². The number of carbonyl (C=O) groups is 2. The van der Waals surface area contributed by atoms with Crippen molar-refractivity contribution in [2.75, 3.05) is 69.7 Å². The number of carbonyl (C=O) groups excluding carboxylic acids is 2. The van der Waals surface area contributed by atoms with Crippen LogP contribution in [0.15, 0.2) is 120 Å². The van der Waals surface area contributed by atoms with Gasteiger partial charge in [0.25, 0.3) is 0 Å². The Bertz CT molecular complexity index is 2020. The molecule has 0 aromatic heterocycles. The zero-order valence-corrected chi connectivity index (χ0v) is 37.7. The third-order valence-corrected chi connectivity index (χ3v) is 10.4. The van der Waals surface area contributed by atoms with E-state index >= 15 is 0 Å². The molecule has 10 heteroatoms. The van der Waals surface area contributed by atoms with Crippen molar-refractivity contribution in [3.8, 4) is 11.5 Å². The molecule has 0 heterocycles. The number of hydrogen-bond acceptors (Lipinski definition) is 8. The summed E-state index contributed by atoms with van der Waals surface area (Å²) in [6, 6.07) is 31.7. The molecule has 0 spiro atoms. The Morgan fingerprint density at radius 3 is 1.30 bits per heavy atom. The summed E-state index contributed by atoms with van der Waals surface area (Å²) in [5.74, 6) is 2.05. The van der Waals surface area contributed by atoms with Crippen LogP contribution >= 0.6 is 24.8 Å². The summed E-state index contributed by atoms with van der Waals surface area (Å²) in [5, 5.41) is 0. The van der Waals surface area contributed by atoms with Gasteiger partial charge in [-0.1, -0.05) is 72.8 Å². The number of methoxy groups -OCH3 is 4. The van der Waals surface area contributed by atoms with E-state index in [4.69, 9.17) is 18.9 Å². The Morgan fingerprint density at radius 1 is 0.567 bits per heavy atom. The van der Waals surface area contributed by atoms with E-state index in [1.807, 2.05) is 60.7 Å². The maximum Gasteiger partial charge on any atom is 0.337 e. The normalized spacial score (nSPS) is 17.3. The quantitative estimate of drug-likeness (QED) is 0.130. The topological polar surface area (TPSA) is 77.5 Å². The van der Waals surface area contributed by atoms with Crippen molar-refractivity contribution < 1.29 is 28.5 Å². The van der Waals surface area contributed by atoms with Gasteiger partial charge in [-0.05, 0) is 159 Å². The number of benzene rings is 4. The maximum absolute atomic E-state index is 11.8. The van der Waals surface area contributed by atoms with E-state index in [1.165, 1.54) is 47.6 Å². The molecule has 2 atom stereocenters. The van der Waals surface area contributed by atoms with Crippen LogP contribution in [0.2, 0.25) is 0 Å². The molecule has 4 aromatic rings. The number of allylic oxidation sites excluding steroid dienone is 4. The summed E-state index contributed by atoms with van der Waals surface area (Å²) in [4.78, 5) is 28.1. The molecule has 4 aromatic carbocycles. The molecule has 0 aliphatic heterocycles. The molecule has 2 unspecified atom stereocenters. The highest BCUT2D eigenvalue weighted by molar-refractivity contribution is 5.91. The highest BCUT2D eigenvalue weighted by atomic mass is 35.5. The van der Waals surface area contributed by atoms with E-state index in [2.05, 4.69) is 86.6 Å². The van der Waals surface area contributed by atoms with E-state index in [-0.39, 0.29) is 36.8 Å². The zero-order chi connectivity index (χ0) is 41.6. The number of hydrogen-bond donors (Lipinski definition) is 0. The summed E-state index contributed by atoms with van der Waals surface area (Å²) in [6.07, 6.45) is 13.1. The average molecular weight is 856 g/mol. The minimum absolute atomic E-state index is 0. The van der Waals surface area contributed by atoms with Gasteiger partial charge in [0.05, 0.1) is 39.6 Å². The molecule has 320 valence electrons. The molecule has 2 aliphatic carbocycles. The van der Waals surface area contributed by atoms with Crippen molar-refractivity contribution in [2.24, 2.45) is 11.8 Å². The van der Waals surface area contributed by atoms with Gasteiger partial charge in [0.1, 0.15) is 11.5 Å². The lowest BCUT2D eigenvalue weighted by atomic mass is 9.81. The first-order valence-electron chi connectivity index (χ1n) is 19.8. The van der Waals surface area contributed by atoms with Gasteiger partial charge in [-0.15, -0.1) is 24.8 Å². The van der Waals surface area contributed by atoms with Crippen LogP contribution in [0, 0.1) is 11.8 Å². The second-order valence-electron chi connectivity index (χ2n) is 15.3. The minimum Gasteiger partial charge on any atom is -0.497 e. The lowest BCUT2D eigenvalue weighted by Crippen LogP contribution is -2.24. The van der Waals surface area contributed by atoms with Gasteiger partial charge in [-0.25, -0.2) is 9.59 Å². The zero-order valence-electron chi connectivity index (χ0n) is 36.1. The van der Waals surface area contributed by atoms with E-state index in [0.29, 0.717) is 23.0 Å². The van der Waals surface area contributed by atoms with E-state index in [9.17, 15) is 9.59 Å². The second-order valence-corrected chi connectivity index (χ2v) is 15.3. The lowest BCUT2D eigenvalue weighted by molar-refractivity contribution is 0.0592. The Kier molecular flexibility index (Phi) is 19.9. The van der Waals surface area contributed by atoms with Gasteiger partial charge in [0.2, 0.25) is 0 Å². The standard InChI is InChI=1S/2C25H29NO3.2ClH/c2*1-26(2)17-22-12-11-19(13-18-7-5-9-21(14-18)25(27)29-4)15-24(22)20-8-6-10-23(16-20)28-3;;/h2*5-10,13-16,22H,11-12,17H2,1-4H3;2*1H/b19-13+;19-13-;;. The van der Waals surface area contributed by atoms with Gasteiger partial charge in [-0.3, -0.25) is 0 Å². The molecule has 0 saturated heterocycles. The largest absolute Gasteiger partial charge is 0.497 e. The molecule has 60 heavy (non-hydrogen) atoms. The van der Waals surface area contributed by atoms with E-state index in [0.717, 1.165) is 61.4 Å². The van der Waals surface area contributed by atoms with Gasteiger partial charge in [0, 0.05) is 13.1 Å². The lowest BCUT2D eigenvalue weighted by Gasteiger charge is -2.29. The first-order valence-corrected chi connectivity index (χ1v) is 19.8. The molecule has 6 rings (SSSR count). The molecule has 0 N–H and O–H groups in total. The van der Waals surface area contributed by atoms with Crippen LogP contribution < -0.4 is 9.47 Å². The van der Waals surface area contributed by atoms with Crippen LogP contribution in [0.3, 0.4) is 0 Å². The van der Waals surface area contributed by atoms with Crippen LogP contribution in [-0.4, -0.2) is 91.5 Å². The third-order valence-electron chi connectivity index (χ3n) is 10.4. The van der Waals surface area contributed by atoms with E-state index in [1.54, 1.807) is 26.4 Å². The summed E-state index contributed by atoms with van der Waals surface area (Å²) in [6.45, 7) is 2.02. The first-order chi connectivity index (χ1) is 28.0. The van der Waals surface area contributed by atoms with Crippen molar-refractivity contribution in [3.05, 3.63) is 154 Å². The summed E-state index contributed by atoms with van der Waals surface area (Å²) in [7, 11) is 14.7. The summed E-state index contributed by atoms with van der Waals surface area (Å²) >= 11 is 0. The van der Waals surface area contributed by atoms with Crippen molar-refractivity contribution in [2.45, 2.75) is 25.7 Å². The predicted molar refractivity (Wildman–Crippen MR) is 251 cm³/mol. The average Bonchev–Trinajstić information content (AvgIpc) is 3.24. The predicted octanol–water partition coefficient (Wildman–Crippen LogP) is 10.7. The monoisotopic (exact) mass is 854 g/mol. The number of rotatable bonds is 12. The van der Waals surface area contributed by atoms with Crippen LogP contribution in [-0.2, 0) is 9.47 Å². The first kappa shape index (κ1) is 49.2. The van der Waals surface area contributed by atoms with Crippen molar-refractivity contribution in [1.82, 2.24) is 9.80 Å². The van der Waals surface area contributed by atoms with Crippen LogP contribution in [0.25, 0.3) is 23.3 Å². The number of esters is 2. The third kappa shape index (κ3) is 14.0. The van der Waals surface area contributed by atoms with Crippen molar-refractivity contribution >= 4 is 60.1 Å². The highest BCUT2D eigenvalue weighted by Gasteiger charge is 2.24. The van der Waals surface area contributed by atoms with Crippen molar-refractivity contribution in [1.29, 1.82) is 0 Å². The number of halogens is 2. The number of nitrogens with zero attached hydrogens (tertiary/aromatic N) is 2. The van der Waals surface area contributed by atoms with Crippen molar-refractivity contribution in [3.63, 3.8) is 0 Å². The molecule has 0 amide bonds.